The second-order valence-corrected chi connectivity index (χ2v) is 15.9. The van der Waals surface area contributed by atoms with Gasteiger partial charge >= 0.3 is 19.8 Å². The summed E-state index contributed by atoms with van der Waals surface area (Å²) in [4.78, 5) is 35.0. The average molecular weight is 877 g/mol. The summed E-state index contributed by atoms with van der Waals surface area (Å²) in [6, 6.07) is 0. The van der Waals surface area contributed by atoms with Gasteiger partial charge in [0, 0.05) is 12.8 Å². The van der Waals surface area contributed by atoms with Crippen LogP contribution in [0.15, 0.2) is 109 Å². The number of esters is 2. The van der Waals surface area contributed by atoms with E-state index in [0.717, 1.165) is 51.4 Å². The van der Waals surface area contributed by atoms with Crippen LogP contribution >= 0.6 is 7.82 Å². The summed E-state index contributed by atoms with van der Waals surface area (Å²) in [5.41, 5.74) is 0. The molecule has 12 nitrogen and oxygen atoms in total. The molecule has 0 rings (SSSR count). The highest BCUT2D eigenvalue weighted by Gasteiger charge is 2.27. The van der Waals surface area contributed by atoms with Crippen LogP contribution in [0.1, 0.15) is 129 Å². The van der Waals surface area contributed by atoms with Crippen LogP contribution in [0.3, 0.4) is 0 Å². The highest BCUT2D eigenvalue weighted by atomic mass is 31.2. The van der Waals surface area contributed by atoms with Gasteiger partial charge in [0.15, 0.2) is 6.10 Å². The minimum Gasteiger partial charge on any atom is -0.462 e. The molecule has 0 fully saturated rings. The molecule has 61 heavy (non-hydrogen) atoms. The Morgan fingerprint density at radius 1 is 0.557 bits per heavy atom. The minimum atomic E-state index is -4.71. The molecule has 1 unspecified atom stereocenters. The molecule has 0 aliphatic carbocycles. The fourth-order valence-electron chi connectivity index (χ4n) is 5.13. The van der Waals surface area contributed by atoms with E-state index < -0.39 is 70.6 Å². The Morgan fingerprint density at radius 2 is 1.05 bits per heavy atom. The van der Waals surface area contributed by atoms with E-state index in [0.29, 0.717) is 19.3 Å². The van der Waals surface area contributed by atoms with E-state index in [4.69, 9.17) is 19.1 Å². The second-order valence-electron chi connectivity index (χ2n) is 14.4. The number of aliphatic hydroxyl groups is 4. The Bertz CT molecular complexity index is 1410. The largest absolute Gasteiger partial charge is 0.472 e. The molecule has 0 saturated heterocycles. The third-order valence-corrected chi connectivity index (χ3v) is 9.57. The summed E-state index contributed by atoms with van der Waals surface area (Å²) in [5, 5.41) is 38.5. The molecule has 0 amide bonds. The van der Waals surface area contributed by atoms with E-state index in [-0.39, 0.29) is 25.7 Å². The van der Waals surface area contributed by atoms with Crippen molar-refractivity contribution in [3.8, 4) is 0 Å². The van der Waals surface area contributed by atoms with Gasteiger partial charge in [-0.25, -0.2) is 4.57 Å². The van der Waals surface area contributed by atoms with Crippen LogP contribution in [-0.2, 0) is 32.7 Å². The fraction of sp³-hybridized carbons (Fsp3) is 0.583. The summed E-state index contributed by atoms with van der Waals surface area (Å²) in [6.45, 7) is 1.87. The number of allylic oxidation sites excluding steroid dienone is 16. The number of aliphatic hydroxyl groups excluding tert-OH is 4. The van der Waals surface area contributed by atoms with Gasteiger partial charge in [-0.15, -0.1) is 0 Å². The molecule has 0 heterocycles. The van der Waals surface area contributed by atoms with Crippen molar-refractivity contribution >= 4 is 19.8 Å². The van der Waals surface area contributed by atoms with Crippen LogP contribution in [0, 0.1) is 0 Å². The van der Waals surface area contributed by atoms with Crippen molar-refractivity contribution in [1.29, 1.82) is 0 Å². The van der Waals surface area contributed by atoms with Crippen LogP contribution in [0.4, 0.5) is 0 Å². The Balaban J connectivity index is 4.67. The molecule has 0 aromatic carbocycles. The molecule has 0 aliphatic heterocycles. The van der Waals surface area contributed by atoms with Gasteiger partial charge in [0.05, 0.1) is 32.0 Å². The zero-order valence-corrected chi connectivity index (χ0v) is 37.7. The predicted molar refractivity (Wildman–Crippen MR) is 244 cm³/mol. The van der Waals surface area contributed by atoms with Gasteiger partial charge in [0.2, 0.25) is 0 Å². The first-order valence-corrected chi connectivity index (χ1v) is 23.6. The lowest BCUT2D eigenvalue weighted by Gasteiger charge is -2.20. The van der Waals surface area contributed by atoms with Crippen LogP contribution in [0.2, 0.25) is 0 Å². The lowest BCUT2D eigenvalue weighted by atomic mass is 10.1. The van der Waals surface area contributed by atoms with Gasteiger partial charge in [-0.2, -0.15) is 0 Å². The van der Waals surface area contributed by atoms with Gasteiger partial charge in [-0.1, -0.05) is 155 Å². The van der Waals surface area contributed by atoms with Crippen molar-refractivity contribution in [2.75, 3.05) is 26.4 Å². The summed E-state index contributed by atoms with van der Waals surface area (Å²) in [7, 11) is -4.71. The summed E-state index contributed by atoms with van der Waals surface area (Å²) >= 11 is 0. The quantitative estimate of drug-likeness (QED) is 0.0129. The first kappa shape index (κ1) is 57.5. The Hall–Kier alpha value is -3.45. The second kappa shape index (κ2) is 41.9. The first-order valence-electron chi connectivity index (χ1n) is 22.1. The summed E-state index contributed by atoms with van der Waals surface area (Å²) < 4.78 is 32.4. The molecule has 0 aromatic rings. The molecule has 0 aliphatic rings. The van der Waals surface area contributed by atoms with E-state index in [1.807, 2.05) is 42.5 Å². The number of phosphoric acid groups is 1. The number of hydrogen-bond donors (Lipinski definition) is 5. The zero-order valence-electron chi connectivity index (χ0n) is 36.8. The molecule has 0 bridgehead atoms. The third kappa shape index (κ3) is 41.7. The molecule has 0 radical (unpaired) electrons. The van der Waals surface area contributed by atoms with E-state index in [2.05, 4.69) is 60.9 Å². The van der Waals surface area contributed by atoms with Gasteiger partial charge in [0.25, 0.3) is 0 Å². The highest BCUT2D eigenvalue weighted by molar-refractivity contribution is 7.47. The molecule has 5 N–H and O–H groups in total. The third-order valence-electron chi connectivity index (χ3n) is 8.62. The Labute approximate surface area is 366 Å². The van der Waals surface area contributed by atoms with Gasteiger partial charge in [-0.05, 0) is 70.6 Å². The smallest absolute Gasteiger partial charge is 0.462 e. The van der Waals surface area contributed by atoms with Crippen LogP contribution in [0.5, 0.6) is 0 Å². The number of hydrogen-bond acceptors (Lipinski definition) is 11. The van der Waals surface area contributed by atoms with Crippen molar-refractivity contribution in [1.82, 2.24) is 0 Å². The van der Waals surface area contributed by atoms with Crippen LogP contribution in [0.25, 0.3) is 0 Å². The summed E-state index contributed by atoms with van der Waals surface area (Å²) in [5.74, 6) is -1.26. The van der Waals surface area contributed by atoms with Crippen molar-refractivity contribution in [2.45, 2.75) is 154 Å². The molecule has 13 heteroatoms. The number of ether oxygens (including phenoxy) is 2. The SMILES string of the molecule is CCCCC/C=C\C/C=C\C/C=C\C/C=C\C/C=C\CCC(=O)OC[C@H](COP(=O)(O)OC[C@@H](O)CO)OC(=O)CCC[C@H](O)/C=C/C=C\C/C=C\C=C\[C@H](O)CCCCC. The van der Waals surface area contributed by atoms with Crippen molar-refractivity contribution in [3.05, 3.63) is 109 Å². The van der Waals surface area contributed by atoms with Crippen molar-refractivity contribution < 1.29 is 58.0 Å². The molecule has 0 saturated carbocycles. The number of phosphoric ester groups is 1. The zero-order chi connectivity index (χ0) is 45.1. The number of unbranched alkanes of at least 4 members (excludes halogenated alkanes) is 5. The van der Waals surface area contributed by atoms with E-state index in [1.165, 1.54) is 19.3 Å². The molecule has 346 valence electrons. The maximum atomic E-state index is 12.6. The topological polar surface area (TPSA) is 189 Å². The monoisotopic (exact) mass is 877 g/mol. The molecular formula is C48H77O12P. The number of rotatable bonds is 39. The molecule has 0 spiro atoms. The lowest BCUT2D eigenvalue weighted by Crippen LogP contribution is -2.30. The number of carbonyl (C=O) groups excluding carboxylic acids is 2. The van der Waals surface area contributed by atoms with Gasteiger partial charge in [0.1, 0.15) is 12.7 Å². The highest BCUT2D eigenvalue weighted by Crippen LogP contribution is 2.43. The molecular weight excluding hydrogens is 799 g/mol. The fourth-order valence-corrected chi connectivity index (χ4v) is 5.92. The lowest BCUT2D eigenvalue weighted by molar-refractivity contribution is -0.161. The van der Waals surface area contributed by atoms with Crippen LogP contribution in [-0.4, -0.2) is 88.1 Å². The van der Waals surface area contributed by atoms with E-state index in [9.17, 15) is 34.4 Å². The first-order chi connectivity index (χ1) is 29.5. The van der Waals surface area contributed by atoms with Gasteiger partial charge < -0.3 is 34.8 Å². The van der Waals surface area contributed by atoms with E-state index in [1.54, 1.807) is 24.3 Å². The average Bonchev–Trinajstić information content (AvgIpc) is 3.24. The Morgan fingerprint density at radius 3 is 1.61 bits per heavy atom. The summed E-state index contributed by atoms with van der Waals surface area (Å²) in [6.07, 6.45) is 45.6. The van der Waals surface area contributed by atoms with Gasteiger partial charge in [-0.3, -0.25) is 18.6 Å². The maximum absolute atomic E-state index is 12.6. The Kier molecular flexibility index (Phi) is 39.5. The normalized spacial score (nSPS) is 15.9. The maximum Gasteiger partial charge on any atom is 0.472 e. The minimum absolute atomic E-state index is 0.0617. The molecule has 0 aromatic heterocycles. The van der Waals surface area contributed by atoms with Crippen molar-refractivity contribution in [2.24, 2.45) is 0 Å². The van der Waals surface area contributed by atoms with Crippen LogP contribution < -0.4 is 0 Å². The van der Waals surface area contributed by atoms with Crippen molar-refractivity contribution in [3.63, 3.8) is 0 Å². The molecule has 5 atom stereocenters. The number of carbonyl (C=O) groups is 2. The standard InChI is InChI=1S/C48H77O12P/c1-3-5-7-8-9-10-11-12-13-14-15-16-17-18-19-20-24-27-31-37-47(53)57-41-46(42-59-61(55,56)58-40-45(52)39-49)60-48(54)38-32-36-44(51)35-30-26-23-21-22-25-29-34-43(50)33-28-6-4-2/h9-10,12-13,15-16,18-19,22-27,29-30,34-35,43-46,49-52H,3-8,11,14,17,20-21,28,31-33,36-42H2,1-2H3,(H,55,56)/b10-9-,13-12-,16-15-,19-18-,25-22-,26-23-,27-24-,34-29+,35-30+/t43-,44-,45+,46-/m1/s1. The van der Waals surface area contributed by atoms with E-state index >= 15 is 0 Å². The predicted octanol–water partition coefficient (Wildman–Crippen LogP) is 9.72.